The van der Waals surface area contributed by atoms with Gasteiger partial charge >= 0.3 is 5.91 Å². The highest BCUT2D eigenvalue weighted by molar-refractivity contribution is 7.16. The van der Waals surface area contributed by atoms with Gasteiger partial charge < -0.3 is 5.11 Å². The molecule has 1 fully saturated rings. The zero-order valence-corrected chi connectivity index (χ0v) is 17.3. The molecule has 5 nitrogen and oxygen atoms in total. The molecule has 1 aromatic heterocycles. The van der Waals surface area contributed by atoms with Crippen LogP contribution >= 0.6 is 22.9 Å². The summed E-state index contributed by atoms with van der Waals surface area (Å²) in [4.78, 5) is 32.8. The Morgan fingerprint density at radius 3 is 2.45 bits per heavy atom. The molecule has 1 saturated heterocycles. The normalized spacial score (nSPS) is 18.4. The smallest absolute Gasteiger partial charge is 0.301 e. The number of Topliss-reactive ketones (excluding diaryl/α,β-unsaturated/α-hetero) is 1. The van der Waals surface area contributed by atoms with Crippen LogP contribution in [0.5, 0.6) is 0 Å². The van der Waals surface area contributed by atoms with Gasteiger partial charge in [0.2, 0.25) is 0 Å². The van der Waals surface area contributed by atoms with Crippen LogP contribution in [-0.4, -0.2) is 21.8 Å². The summed E-state index contributed by atoms with van der Waals surface area (Å²) in [5.41, 5.74) is 1.90. The van der Waals surface area contributed by atoms with Gasteiger partial charge in [0.25, 0.3) is 5.78 Å². The second-order valence-corrected chi connectivity index (χ2v) is 8.35. The first kappa shape index (κ1) is 19.4. The summed E-state index contributed by atoms with van der Waals surface area (Å²) < 4.78 is 0. The van der Waals surface area contributed by atoms with E-state index < -0.39 is 17.7 Å². The highest BCUT2D eigenvalue weighted by Gasteiger charge is 2.48. The fourth-order valence-corrected chi connectivity index (χ4v) is 4.47. The molecule has 1 amide bonds. The van der Waals surface area contributed by atoms with Gasteiger partial charge in [-0.25, -0.2) is 4.98 Å². The van der Waals surface area contributed by atoms with Crippen molar-refractivity contribution >= 4 is 45.5 Å². The average Bonchev–Trinajstić information content (AvgIpc) is 3.18. The van der Waals surface area contributed by atoms with Gasteiger partial charge in [-0.1, -0.05) is 54.1 Å². The molecule has 1 atom stereocenters. The summed E-state index contributed by atoms with van der Waals surface area (Å²) in [5.74, 6) is -1.69. The minimum atomic E-state index is -0.821. The molecule has 3 aromatic rings. The van der Waals surface area contributed by atoms with Gasteiger partial charge in [0, 0.05) is 15.5 Å². The number of benzene rings is 2. The number of halogens is 1. The fourth-order valence-electron chi connectivity index (χ4n) is 3.33. The van der Waals surface area contributed by atoms with E-state index in [1.54, 1.807) is 48.5 Å². The number of carbonyl (C=O) groups is 2. The van der Waals surface area contributed by atoms with Crippen LogP contribution < -0.4 is 4.90 Å². The number of rotatable bonds is 3. The summed E-state index contributed by atoms with van der Waals surface area (Å²) >= 11 is 7.52. The first-order valence-corrected chi connectivity index (χ1v) is 10.1. The van der Waals surface area contributed by atoms with Gasteiger partial charge in [-0.3, -0.25) is 14.5 Å². The van der Waals surface area contributed by atoms with Gasteiger partial charge in [-0.05, 0) is 31.5 Å². The summed E-state index contributed by atoms with van der Waals surface area (Å²) in [7, 11) is 0. The Kier molecular flexibility index (Phi) is 4.98. The van der Waals surface area contributed by atoms with Gasteiger partial charge in [0.1, 0.15) is 5.76 Å². The topological polar surface area (TPSA) is 70.5 Å². The van der Waals surface area contributed by atoms with Crippen LogP contribution in [-0.2, 0) is 9.59 Å². The predicted molar refractivity (Wildman–Crippen MR) is 114 cm³/mol. The number of thiazole rings is 1. The number of hydrogen-bond donors (Lipinski definition) is 1. The monoisotopic (exact) mass is 424 g/mol. The van der Waals surface area contributed by atoms with Crippen molar-refractivity contribution in [3.63, 3.8) is 0 Å². The number of amides is 1. The van der Waals surface area contributed by atoms with E-state index in [2.05, 4.69) is 4.98 Å². The van der Waals surface area contributed by atoms with E-state index in [0.29, 0.717) is 21.3 Å². The van der Waals surface area contributed by atoms with Crippen molar-refractivity contribution in [1.29, 1.82) is 0 Å². The molecular formula is C22H17ClN2O3S. The maximum atomic E-state index is 13.0. The van der Waals surface area contributed by atoms with Crippen LogP contribution in [0.4, 0.5) is 5.13 Å². The van der Waals surface area contributed by atoms with Crippen molar-refractivity contribution in [1.82, 2.24) is 4.98 Å². The first-order chi connectivity index (χ1) is 13.9. The lowest BCUT2D eigenvalue weighted by Gasteiger charge is -2.23. The van der Waals surface area contributed by atoms with Crippen LogP contribution in [0.2, 0.25) is 5.02 Å². The lowest BCUT2D eigenvalue weighted by molar-refractivity contribution is -0.132. The molecule has 0 saturated carbocycles. The van der Waals surface area contributed by atoms with Crippen molar-refractivity contribution in [3.05, 3.63) is 86.9 Å². The molecule has 2 aromatic carbocycles. The third-order valence-electron chi connectivity index (χ3n) is 4.88. The van der Waals surface area contributed by atoms with Crippen molar-refractivity contribution in [2.75, 3.05) is 4.90 Å². The third kappa shape index (κ3) is 3.34. The van der Waals surface area contributed by atoms with Crippen LogP contribution in [0.25, 0.3) is 5.76 Å². The fraction of sp³-hybridized carbons (Fsp3) is 0.136. The number of anilines is 1. The Labute approximate surface area is 176 Å². The molecule has 1 aliphatic heterocycles. The number of ketones is 1. The summed E-state index contributed by atoms with van der Waals surface area (Å²) in [6, 6.07) is 14.8. The molecule has 29 heavy (non-hydrogen) atoms. The zero-order chi connectivity index (χ0) is 20.7. The van der Waals surface area contributed by atoms with E-state index in [9.17, 15) is 14.7 Å². The van der Waals surface area contributed by atoms with Crippen LogP contribution in [0, 0.1) is 13.8 Å². The number of carbonyl (C=O) groups excluding carboxylic acids is 2. The van der Waals surface area contributed by atoms with Gasteiger partial charge in [0.05, 0.1) is 17.3 Å². The number of aromatic nitrogens is 1. The molecule has 146 valence electrons. The lowest BCUT2D eigenvalue weighted by Crippen LogP contribution is -2.29. The quantitative estimate of drug-likeness (QED) is 0.363. The van der Waals surface area contributed by atoms with E-state index in [1.165, 1.54) is 16.2 Å². The second kappa shape index (κ2) is 7.46. The Hall–Kier alpha value is -2.96. The van der Waals surface area contributed by atoms with Crippen molar-refractivity contribution in [3.8, 4) is 0 Å². The number of nitrogens with zero attached hydrogens (tertiary/aromatic N) is 2. The molecule has 1 N–H and O–H groups in total. The highest BCUT2D eigenvalue weighted by Crippen LogP contribution is 2.44. The van der Waals surface area contributed by atoms with E-state index in [0.717, 1.165) is 10.6 Å². The molecular weight excluding hydrogens is 408 g/mol. The van der Waals surface area contributed by atoms with Crippen molar-refractivity contribution in [2.45, 2.75) is 19.9 Å². The lowest BCUT2D eigenvalue weighted by atomic mass is 9.95. The molecule has 1 aliphatic rings. The maximum Gasteiger partial charge on any atom is 0.301 e. The van der Waals surface area contributed by atoms with Gasteiger partial charge in [-0.2, -0.15) is 0 Å². The molecule has 2 heterocycles. The molecule has 0 radical (unpaired) electrons. The zero-order valence-electron chi connectivity index (χ0n) is 15.7. The number of aryl methyl sites for hydroxylation is 2. The van der Waals surface area contributed by atoms with Gasteiger partial charge in [0.15, 0.2) is 5.13 Å². The Balaban J connectivity index is 1.97. The number of aliphatic hydroxyl groups is 1. The van der Waals surface area contributed by atoms with Gasteiger partial charge in [-0.15, -0.1) is 11.3 Å². The predicted octanol–water partition coefficient (Wildman–Crippen LogP) is 5.04. The Morgan fingerprint density at radius 2 is 1.83 bits per heavy atom. The largest absolute Gasteiger partial charge is 0.507 e. The molecule has 0 aliphatic carbocycles. The van der Waals surface area contributed by atoms with Crippen LogP contribution in [0.3, 0.4) is 0 Å². The average molecular weight is 425 g/mol. The van der Waals surface area contributed by atoms with Crippen molar-refractivity contribution < 1.29 is 14.7 Å². The Morgan fingerprint density at radius 1 is 1.10 bits per heavy atom. The number of aliphatic hydroxyl groups excluding tert-OH is 1. The van der Waals surface area contributed by atoms with E-state index in [-0.39, 0.29) is 11.3 Å². The highest BCUT2D eigenvalue weighted by atomic mass is 35.5. The minimum Gasteiger partial charge on any atom is -0.507 e. The SMILES string of the molecule is Cc1nc(N2C(=O)C(=O)/C(=C(/O)c3ccccc3)[C@H]2c2cccc(Cl)c2)sc1C. The van der Waals surface area contributed by atoms with Crippen LogP contribution in [0.15, 0.2) is 60.2 Å². The second-order valence-electron chi connectivity index (χ2n) is 6.73. The third-order valence-corrected chi connectivity index (χ3v) is 6.19. The summed E-state index contributed by atoms with van der Waals surface area (Å²) in [5, 5.41) is 11.9. The summed E-state index contributed by atoms with van der Waals surface area (Å²) in [6.45, 7) is 3.76. The number of hydrogen-bond acceptors (Lipinski definition) is 5. The van der Waals surface area contributed by atoms with Crippen molar-refractivity contribution in [2.24, 2.45) is 0 Å². The molecule has 0 unspecified atom stereocenters. The Bertz CT molecular complexity index is 1130. The van der Waals surface area contributed by atoms with E-state index in [4.69, 9.17) is 11.6 Å². The van der Waals surface area contributed by atoms with E-state index >= 15 is 0 Å². The molecule has 0 spiro atoms. The molecule has 0 bridgehead atoms. The standard InChI is InChI=1S/C22H17ClN2O3S/c1-12-13(2)29-22(24-12)25-18(15-9-6-10-16(23)11-15)17(20(27)21(25)28)19(26)14-7-4-3-5-8-14/h3-11,18,26H,1-2H3/b19-17+/t18-/m1/s1. The first-order valence-electron chi connectivity index (χ1n) is 8.94. The molecule has 4 rings (SSSR count). The minimum absolute atomic E-state index is 0.0222. The molecule has 7 heteroatoms. The maximum absolute atomic E-state index is 13.0. The summed E-state index contributed by atoms with van der Waals surface area (Å²) in [6.07, 6.45) is 0. The van der Waals surface area contributed by atoms with E-state index in [1.807, 2.05) is 19.9 Å². The van der Waals surface area contributed by atoms with Crippen LogP contribution in [0.1, 0.15) is 27.7 Å².